The van der Waals surface area contributed by atoms with Crippen LogP contribution in [0.1, 0.15) is 30.6 Å². The molecule has 1 N–H and O–H groups in total. The number of carbonyl (C=O) groups excluding carboxylic acids is 1. The van der Waals surface area contributed by atoms with Gasteiger partial charge in [0.1, 0.15) is 6.54 Å². The van der Waals surface area contributed by atoms with E-state index in [4.69, 9.17) is 5.11 Å². The molecule has 1 rings (SSSR count). The summed E-state index contributed by atoms with van der Waals surface area (Å²) in [6.45, 7) is 6.80. The quantitative estimate of drug-likeness (QED) is 0.810. The van der Waals surface area contributed by atoms with Crippen molar-refractivity contribution in [3.63, 3.8) is 0 Å². The average Bonchev–Trinajstić information content (AvgIpc) is 2.38. The highest BCUT2D eigenvalue weighted by Gasteiger charge is 2.13. The summed E-state index contributed by atoms with van der Waals surface area (Å²) in [4.78, 5) is 10.1. The Labute approximate surface area is 134 Å². The third kappa shape index (κ3) is 12.4. The van der Waals surface area contributed by atoms with E-state index in [0.29, 0.717) is 6.61 Å². The van der Waals surface area contributed by atoms with Crippen LogP contribution in [0.5, 0.6) is 0 Å². The highest BCUT2D eigenvalue weighted by Crippen LogP contribution is 2.05. The summed E-state index contributed by atoms with van der Waals surface area (Å²) in [6, 6.07) is 8.06. The lowest BCUT2D eigenvalue weighted by molar-refractivity contribution is -0.891. The van der Waals surface area contributed by atoms with Crippen LogP contribution in [0.2, 0.25) is 0 Å². The summed E-state index contributed by atoms with van der Waals surface area (Å²) in [5, 5.41) is 18.8. The largest absolute Gasteiger partial charge is 0.545 e. The molecule has 0 heterocycles. The van der Waals surface area contributed by atoms with Gasteiger partial charge in [-0.05, 0) is 17.9 Å². The predicted molar refractivity (Wildman–Crippen MR) is 86.4 cm³/mol. The van der Waals surface area contributed by atoms with E-state index in [0.717, 1.165) is 23.5 Å². The fourth-order valence-corrected chi connectivity index (χ4v) is 1.56. The first kappa shape index (κ1) is 22.2. The molecule has 1 aromatic rings. The van der Waals surface area contributed by atoms with E-state index in [-0.39, 0.29) is 18.0 Å². The third-order valence-corrected chi connectivity index (χ3v) is 3.03. The van der Waals surface area contributed by atoms with Gasteiger partial charge in [0, 0.05) is 0 Å². The van der Waals surface area contributed by atoms with E-state index in [9.17, 15) is 9.90 Å². The van der Waals surface area contributed by atoms with Crippen LogP contribution in [0.15, 0.2) is 30.3 Å². The molecule has 21 heavy (non-hydrogen) atoms. The lowest BCUT2D eigenvalue weighted by Gasteiger charge is -2.29. The van der Waals surface area contributed by atoms with Crippen LogP contribution in [0.3, 0.4) is 0 Å². The summed E-state index contributed by atoms with van der Waals surface area (Å²) in [5.41, 5.74) is 0.220. The molecule has 0 aromatic heterocycles. The van der Waals surface area contributed by atoms with Crippen molar-refractivity contribution in [3.8, 4) is 0 Å². The molecule has 0 bridgehead atoms. The first-order chi connectivity index (χ1) is 9.28. The highest BCUT2D eigenvalue weighted by atomic mass is 35.5. The molecule has 0 aliphatic rings. The molecule has 4 nitrogen and oxygen atoms in total. The van der Waals surface area contributed by atoms with Gasteiger partial charge in [-0.2, -0.15) is 0 Å². The fourth-order valence-electron chi connectivity index (χ4n) is 1.56. The molecule has 0 amide bonds. The zero-order valence-electron chi connectivity index (χ0n) is 13.4. The number of carboxylic acids is 1. The van der Waals surface area contributed by atoms with Crippen molar-refractivity contribution < 1.29 is 19.5 Å². The van der Waals surface area contributed by atoms with Crippen LogP contribution in [-0.4, -0.2) is 49.4 Å². The lowest BCUT2D eigenvalue weighted by Crippen LogP contribution is -2.43. The van der Waals surface area contributed by atoms with Crippen LogP contribution in [0, 0.1) is 5.92 Å². The number of hydrogen-bond acceptors (Lipinski definition) is 3. The molecular formula is C16H28ClNO3. The van der Waals surface area contributed by atoms with Gasteiger partial charge in [-0.1, -0.05) is 44.2 Å². The Bertz CT molecular complexity index is 380. The Morgan fingerprint density at radius 2 is 1.71 bits per heavy atom. The number of aromatic carboxylic acids is 1. The van der Waals surface area contributed by atoms with Gasteiger partial charge in [0.2, 0.25) is 0 Å². The van der Waals surface area contributed by atoms with E-state index < -0.39 is 5.97 Å². The van der Waals surface area contributed by atoms with Crippen molar-refractivity contribution in [2.75, 3.05) is 33.8 Å². The molecule has 5 heteroatoms. The predicted octanol–water partition coefficient (Wildman–Crippen LogP) is 1.57. The monoisotopic (exact) mass is 317 g/mol. The van der Waals surface area contributed by atoms with Gasteiger partial charge in [0.15, 0.2) is 0 Å². The summed E-state index contributed by atoms with van der Waals surface area (Å²) in [6.07, 6.45) is 1.24. The van der Waals surface area contributed by atoms with Crippen LogP contribution in [-0.2, 0) is 0 Å². The van der Waals surface area contributed by atoms with Gasteiger partial charge in [-0.15, -0.1) is 12.4 Å². The second-order valence-corrected chi connectivity index (χ2v) is 5.94. The van der Waals surface area contributed by atoms with Gasteiger partial charge in [0.25, 0.3) is 0 Å². The molecule has 0 aliphatic carbocycles. The van der Waals surface area contributed by atoms with E-state index in [1.165, 1.54) is 18.6 Å². The Hall–Kier alpha value is -1.10. The molecule has 0 fully saturated rings. The minimum absolute atomic E-state index is 0. The Balaban J connectivity index is 0. The molecular weight excluding hydrogens is 290 g/mol. The lowest BCUT2D eigenvalue weighted by atomic mass is 10.1. The molecule has 0 unspecified atom stereocenters. The first-order valence-corrected chi connectivity index (χ1v) is 6.97. The maximum absolute atomic E-state index is 10.1. The summed E-state index contributed by atoms with van der Waals surface area (Å²) in [7, 11) is 4.33. The van der Waals surface area contributed by atoms with E-state index in [2.05, 4.69) is 27.9 Å². The van der Waals surface area contributed by atoms with Gasteiger partial charge >= 0.3 is 0 Å². The number of aliphatic hydroxyl groups excluding tert-OH is 1. The minimum Gasteiger partial charge on any atom is -0.545 e. The number of benzene rings is 1. The number of quaternary nitrogens is 1. The highest BCUT2D eigenvalue weighted by molar-refractivity contribution is 5.85. The maximum Gasteiger partial charge on any atom is 0.102 e. The first-order valence-electron chi connectivity index (χ1n) is 6.97. The van der Waals surface area contributed by atoms with Gasteiger partial charge in [-0.25, -0.2) is 0 Å². The van der Waals surface area contributed by atoms with Crippen molar-refractivity contribution in [2.24, 2.45) is 5.92 Å². The Kier molecular flexibility index (Phi) is 12.2. The number of carboxylic acid groups (broad SMARTS) is 1. The second-order valence-electron chi connectivity index (χ2n) is 5.94. The molecule has 122 valence electrons. The second kappa shape index (κ2) is 11.5. The van der Waals surface area contributed by atoms with Gasteiger partial charge in [-0.3, -0.25) is 0 Å². The third-order valence-electron chi connectivity index (χ3n) is 3.03. The zero-order chi connectivity index (χ0) is 15.6. The van der Waals surface area contributed by atoms with Crippen LogP contribution < -0.4 is 5.11 Å². The summed E-state index contributed by atoms with van der Waals surface area (Å²) >= 11 is 0. The van der Waals surface area contributed by atoms with Crippen LogP contribution in [0.25, 0.3) is 0 Å². The zero-order valence-corrected chi connectivity index (χ0v) is 14.2. The Morgan fingerprint density at radius 1 is 1.19 bits per heavy atom. The Morgan fingerprint density at radius 3 is 2.05 bits per heavy atom. The molecule has 0 aliphatic heterocycles. The molecule has 0 saturated carbocycles. The molecule has 1 aromatic carbocycles. The topological polar surface area (TPSA) is 60.4 Å². The van der Waals surface area contributed by atoms with Crippen LogP contribution in [0.4, 0.5) is 0 Å². The normalized spacial score (nSPS) is 10.4. The number of rotatable bonds is 6. The number of hydrogen-bond donors (Lipinski definition) is 1. The van der Waals surface area contributed by atoms with Crippen molar-refractivity contribution >= 4 is 18.4 Å². The number of halogens is 1. The number of aliphatic hydroxyl groups is 1. The number of carbonyl (C=O) groups is 1. The van der Waals surface area contributed by atoms with E-state index in [1.807, 2.05) is 0 Å². The van der Waals surface area contributed by atoms with Gasteiger partial charge < -0.3 is 19.5 Å². The maximum atomic E-state index is 10.1. The summed E-state index contributed by atoms with van der Waals surface area (Å²) in [5.74, 6) is -0.360. The molecule has 0 atom stereocenters. The van der Waals surface area contributed by atoms with E-state index in [1.54, 1.807) is 18.2 Å². The van der Waals surface area contributed by atoms with Crippen molar-refractivity contribution in [1.29, 1.82) is 0 Å². The van der Waals surface area contributed by atoms with Crippen molar-refractivity contribution in [1.82, 2.24) is 0 Å². The smallest absolute Gasteiger partial charge is 0.102 e. The van der Waals surface area contributed by atoms with Gasteiger partial charge in [0.05, 0.1) is 33.2 Å². The van der Waals surface area contributed by atoms with Crippen LogP contribution >= 0.6 is 12.4 Å². The average molecular weight is 318 g/mol. The standard InChI is InChI=1S/C9H22NO.C7H6O2.ClH/c1-9(2)5-6-10(3,4)7-8-11;8-7(9)6-4-2-1-3-5-6;/h9,11H,5-8H2,1-4H3;1-5H,(H,8,9);1H/q+1;;/p-1. The number of nitrogens with zero attached hydrogens (tertiary/aromatic N) is 1. The van der Waals surface area contributed by atoms with Crippen molar-refractivity contribution in [2.45, 2.75) is 20.3 Å². The molecule has 0 spiro atoms. The molecule has 0 saturated heterocycles. The SMILES string of the molecule is CC(C)CC[N+](C)(C)CCO.Cl.O=C([O-])c1ccccc1. The minimum atomic E-state index is -1.13. The molecule has 0 radical (unpaired) electrons. The fraction of sp³-hybridized carbons (Fsp3) is 0.562. The summed E-state index contributed by atoms with van der Waals surface area (Å²) < 4.78 is 0.939. The number of likely N-dealkylation sites (N-methyl/N-ethyl adjacent to an activating group) is 1. The van der Waals surface area contributed by atoms with Crippen molar-refractivity contribution in [3.05, 3.63) is 35.9 Å². The van der Waals surface area contributed by atoms with E-state index >= 15 is 0 Å².